The molecule has 0 saturated carbocycles. The first-order valence-corrected chi connectivity index (χ1v) is 24.6. The summed E-state index contributed by atoms with van der Waals surface area (Å²) in [5.41, 5.74) is 0. The molecule has 1 aliphatic rings. The summed E-state index contributed by atoms with van der Waals surface area (Å²) in [7, 11) is 0. The van der Waals surface area contributed by atoms with Gasteiger partial charge in [0.25, 0.3) is 0 Å². The summed E-state index contributed by atoms with van der Waals surface area (Å²) >= 11 is 0. The minimum absolute atomic E-state index is 0.0425. The molecule has 0 aromatic heterocycles. The predicted octanol–water partition coefficient (Wildman–Crippen LogP) is 11.8. The smallest absolute Gasteiger partial charge is 0.224 e. The van der Waals surface area contributed by atoms with Crippen LogP contribution >= 0.6 is 0 Å². The van der Waals surface area contributed by atoms with Crippen molar-refractivity contribution in [3.63, 3.8) is 0 Å². The van der Waals surface area contributed by atoms with Crippen molar-refractivity contribution in [3.05, 3.63) is 0 Å². The first-order valence-electron chi connectivity index (χ1n) is 24.6. The molecule has 0 aromatic carbocycles. The van der Waals surface area contributed by atoms with Crippen LogP contribution in [0, 0.1) is 0 Å². The van der Waals surface area contributed by atoms with Gasteiger partial charge in [-0.15, -0.1) is 0 Å². The molecule has 4 N–H and O–H groups in total. The third kappa shape index (κ3) is 26.7. The predicted molar refractivity (Wildman–Crippen MR) is 235 cm³/mol. The van der Waals surface area contributed by atoms with Crippen LogP contribution in [0.2, 0.25) is 0 Å². The molecule has 5 atom stereocenters. The van der Waals surface area contributed by atoms with Crippen molar-refractivity contribution in [2.45, 2.75) is 283 Å². The maximum Gasteiger partial charge on any atom is 0.224 e. The zero-order valence-corrected chi connectivity index (χ0v) is 37.3. The first-order chi connectivity index (χ1) is 27.4. The number of nitrogens with zero attached hydrogens (tertiary/aromatic N) is 1. The van der Waals surface area contributed by atoms with Gasteiger partial charge in [0, 0.05) is 19.4 Å². The van der Waals surface area contributed by atoms with Gasteiger partial charge in [0.15, 0.2) is 6.23 Å². The van der Waals surface area contributed by atoms with Crippen LogP contribution in [0.4, 0.5) is 0 Å². The summed E-state index contributed by atoms with van der Waals surface area (Å²) in [6.45, 7) is 6.73. The van der Waals surface area contributed by atoms with Gasteiger partial charge in [-0.1, -0.05) is 220 Å². The van der Waals surface area contributed by atoms with Crippen molar-refractivity contribution >= 4 is 11.8 Å². The molecule has 8 heteroatoms. The summed E-state index contributed by atoms with van der Waals surface area (Å²) < 4.78 is 6.21. The zero-order chi connectivity index (χ0) is 40.9. The molecule has 0 aliphatic carbocycles. The van der Waals surface area contributed by atoms with Gasteiger partial charge in [-0.05, 0) is 19.3 Å². The second-order valence-electron chi connectivity index (χ2n) is 17.4. The standard InChI is InChI=1S/C48H94N2O6/c1-4-7-10-13-16-19-21-22-23-24-25-27-30-33-36-39-44(53)50(40-37-34-31-28-20-17-14-11-8-5-2)48-45(47(55)46(54)42(41-51)56-48)49-43(52)38-35-32-29-26-18-15-12-9-6-3/h42,45-48,51,54-55H,4-41H2,1-3H3,(H,49,52)/t42-,45-,46-,47-,48?/m1/s1. The second kappa shape index (κ2) is 38.0. The van der Waals surface area contributed by atoms with Crippen molar-refractivity contribution in [2.24, 2.45) is 0 Å². The highest BCUT2D eigenvalue weighted by atomic mass is 16.5. The van der Waals surface area contributed by atoms with E-state index in [2.05, 4.69) is 26.1 Å². The number of rotatable bonds is 40. The Bertz CT molecular complexity index is 890. The molecule has 2 amide bonds. The van der Waals surface area contributed by atoms with Gasteiger partial charge in [-0.3, -0.25) is 9.59 Å². The van der Waals surface area contributed by atoms with E-state index in [9.17, 15) is 24.9 Å². The molecular weight excluding hydrogens is 701 g/mol. The normalized spacial score (nSPS) is 19.7. The lowest BCUT2D eigenvalue weighted by Crippen LogP contribution is -2.68. The molecule has 56 heavy (non-hydrogen) atoms. The number of aliphatic hydroxyl groups is 3. The molecule has 8 nitrogen and oxygen atoms in total. The van der Waals surface area contributed by atoms with E-state index in [1.807, 2.05) is 0 Å². The largest absolute Gasteiger partial charge is 0.394 e. The van der Waals surface area contributed by atoms with E-state index in [4.69, 9.17) is 4.74 Å². The molecule has 0 bridgehead atoms. The van der Waals surface area contributed by atoms with Crippen molar-refractivity contribution in [2.75, 3.05) is 13.2 Å². The molecule has 0 aromatic rings. The lowest BCUT2D eigenvalue weighted by Gasteiger charge is -2.47. The summed E-state index contributed by atoms with van der Waals surface area (Å²) in [5.74, 6) is -0.243. The van der Waals surface area contributed by atoms with Crippen molar-refractivity contribution in [3.8, 4) is 0 Å². The van der Waals surface area contributed by atoms with Gasteiger partial charge in [0.05, 0.1) is 6.61 Å². The van der Waals surface area contributed by atoms with Gasteiger partial charge in [0.2, 0.25) is 11.8 Å². The number of hydrogen-bond donors (Lipinski definition) is 4. The number of carbonyl (C=O) groups excluding carboxylic acids is 2. The summed E-state index contributed by atoms with van der Waals surface area (Å²) in [5, 5.41) is 35.2. The Hall–Kier alpha value is -1.22. The lowest BCUT2D eigenvalue weighted by molar-refractivity contribution is -0.231. The van der Waals surface area contributed by atoms with Gasteiger partial charge < -0.3 is 30.3 Å². The van der Waals surface area contributed by atoms with Crippen LogP contribution in [0.25, 0.3) is 0 Å². The Morgan fingerprint density at radius 3 is 1.20 bits per heavy atom. The lowest BCUT2D eigenvalue weighted by atomic mass is 9.94. The number of hydrogen-bond acceptors (Lipinski definition) is 6. The highest BCUT2D eigenvalue weighted by Crippen LogP contribution is 2.26. The third-order valence-corrected chi connectivity index (χ3v) is 12.1. The number of nitrogens with one attached hydrogen (secondary N) is 1. The number of amides is 2. The maximum atomic E-state index is 14.0. The average Bonchev–Trinajstić information content (AvgIpc) is 3.20. The number of unbranched alkanes of at least 4 members (excludes halogenated alkanes) is 31. The Labute approximate surface area is 346 Å². The van der Waals surface area contributed by atoms with E-state index in [1.54, 1.807) is 4.90 Å². The monoisotopic (exact) mass is 795 g/mol. The molecule has 1 saturated heterocycles. The van der Waals surface area contributed by atoms with Gasteiger partial charge in [-0.2, -0.15) is 0 Å². The Kier molecular flexibility index (Phi) is 35.8. The van der Waals surface area contributed by atoms with Crippen LogP contribution < -0.4 is 5.32 Å². The highest BCUT2D eigenvalue weighted by Gasteiger charge is 2.48. The Morgan fingerprint density at radius 1 is 0.482 bits per heavy atom. The minimum atomic E-state index is -1.36. The fourth-order valence-electron chi connectivity index (χ4n) is 8.33. The first kappa shape index (κ1) is 52.8. The highest BCUT2D eigenvalue weighted by molar-refractivity contribution is 5.78. The molecule has 1 rings (SSSR count). The summed E-state index contributed by atoms with van der Waals surface area (Å²) in [4.78, 5) is 28.9. The Morgan fingerprint density at radius 2 is 0.821 bits per heavy atom. The van der Waals surface area contributed by atoms with Crippen molar-refractivity contribution in [1.82, 2.24) is 10.2 Å². The maximum absolute atomic E-state index is 14.0. The zero-order valence-electron chi connectivity index (χ0n) is 37.3. The van der Waals surface area contributed by atoms with Crippen LogP contribution in [-0.2, 0) is 14.3 Å². The van der Waals surface area contributed by atoms with E-state index in [-0.39, 0.29) is 11.8 Å². The van der Waals surface area contributed by atoms with Crippen molar-refractivity contribution < 1.29 is 29.6 Å². The SMILES string of the molecule is CCCCCCCCCCCCCCCCCC(=O)N(CCCCCCCCCCCC)C1O[C@H](CO)[C@@H](O)[C@H](O)[C@H]1NC(=O)CCCCCCCCCCC. The fourth-order valence-corrected chi connectivity index (χ4v) is 8.33. The molecule has 1 aliphatic heterocycles. The summed E-state index contributed by atoms with van der Waals surface area (Å²) in [6, 6.07) is -0.966. The van der Waals surface area contributed by atoms with Gasteiger partial charge >= 0.3 is 0 Å². The average molecular weight is 795 g/mol. The van der Waals surface area contributed by atoms with E-state index in [1.165, 1.54) is 161 Å². The molecule has 332 valence electrons. The molecule has 1 fully saturated rings. The summed E-state index contributed by atoms with van der Waals surface area (Å²) in [6.07, 6.45) is 37.2. The van der Waals surface area contributed by atoms with Crippen LogP contribution in [0.15, 0.2) is 0 Å². The molecule has 1 unspecified atom stereocenters. The molecule has 0 radical (unpaired) electrons. The quantitative estimate of drug-likeness (QED) is 0.0459. The van der Waals surface area contributed by atoms with Crippen LogP contribution in [0.1, 0.15) is 252 Å². The van der Waals surface area contributed by atoms with E-state index < -0.39 is 37.2 Å². The molecule has 0 spiro atoms. The van der Waals surface area contributed by atoms with Crippen LogP contribution in [0.5, 0.6) is 0 Å². The van der Waals surface area contributed by atoms with E-state index in [0.717, 1.165) is 57.8 Å². The third-order valence-electron chi connectivity index (χ3n) is 12.1. The Balaban J connectivity index is 2.69. The van der Waals surface area contributed by atoms with Gasteiger partial charge in [-0.25, -0.2) is 0 Å². The number of aliphatic hydroxyl groups excluding tert-OH is 3. The molecular formula is C48H94N2O6. The second-order valence-corrected chi connectivity index (χ2v) is 17.4. The topological polar surface area (TPSA) is 119 Å². The fraction of sp³-hybridized carbons (Fsp3) is 0.958. The van der Waals surface area contributed by atoms with Crippen molar-refractivity contribution in [1.29, 1.82) is 0 Å². The van der Waals surface area contributed by atoms with E-state index >= 15 is 0 Å². The number of ether oxygens (including phenoxy) is 1. The molecule has 1 heterocycles. The minimum Gasteiger partial charge on any atom is -0.394 e. The van der Waals surface area contributed by atoms with Gasteiger partial charge in [0.1, 0.15) is 24.4 Å². The van der Waals surface area contributed by atoms with Crippen LogP contribution in [-0.4, -0.2) is 75.8 Å². The van der Waals surface area contributed by atoms with E-state index in [0.29, 0.717) is 19.4 Å². The number of carbonyl (C=O) groups is 2. The van der Waals surface area contributed by atoms with Crippen LogP contribution in [0.3, 0.4) is 0 Å².